The number of Topliss-reactive ketones (excluding diaryl/α,β-unsaturated/α-hetero) is 2. The summed E-state index contributed by atoms with van der Waals surface area (Å²) in [7, 11) is 0. The van der Waals surface area contributed by atoms with Crippen LogP contribution in [0.4, 0.5) is 0 Å². The van der Waals surface area contributed by atoms with Crippen molar-refractivity contribution in [2.24, 2.45) is 51.2 Å². The molecule has 5 rings (SSSR count). The monoisotopic (exact) mass is 478 g/mol. The highest BCUT2D eigenvalue weighted by molar-refractivity contribution is 6.04. The lowest BCUT2D eigenvalue weighted by Gasteiger charge is -2.68. The molecule has 5 aliphatic carbocycles. The van der Waals surface area contributed by atoms with E-state index in [0.29, 0.717) is 29.6 Å². The minimum absolute atomic E-state index is 0.0105. The number of carbonyl (C=O) groups is 2. The minimum atomic E-state index is -0.560. The standard InChI is InChI=1S/C31H46N2O2/c1-8-33-31-12-9-20-25(21(31)17-27(2,3)13-14-31)22(34)15-24-29(20,6)11-10-23-28(4,5)26(35)19(18-32)16-30(23,24)7/h16,20-21,23-25,33H,8-15,17H2,1-7H3/t20?,21-,23-,24-,25-,29-,30-,31+/m0/s1. The van der Waals surface area contributed by atoms with E-state index in [4.69, 9.17) is 0 Å². The Morgan fingerprint density at radius 2 is 1.69 bits per heavy atom. The summed E-state index contributed by atoms with van der Waals surface area (Å²) in [6, 6.07) is 2.23. The molecule has 192 valence electrons. The van der Waals surface area contributed by atoms with Crippen molar-refractivity contribution in [3.63, 3.8) is 0 Å². The van der Waals surface area contributed by atoms with Gasteiger partial charge in [0.15, 0.2) is 5.78 Å². The zero-order valence-electron chi connectivity index (χ0n) is 23.1. The topological polar surface area (TPSA) is 70.0 Å². The summed E-state index contributed by atoms with van der Waals surface area (Å²) in [5, 5.41) is 13.8. The van der Waals surface area contributed by atoms with Crippen LogP contribution < -0.4 is 5.32 Å². The Hall–Kier alpha value is -1.47. The highest BCUT2D eigenvalue weighted by Gasteiger charge is 2.68. The maximum absolute atomic E-state index is 14.3. The number of hydrogen-bond acceptors (Lipinski definition) is 4. The summed E-state index contributed by atoms with van der Waals surface area (Å²) in [4.78, 5) is 27.4. The second kappa shape index (κ2) is 7.77. The van der Waals surface area contributed by atoms with E-state index in [1.54, 1.807) is 0 Å². The average Bonchev–Trinajstić information content (AvgIpc) is 2.78. The van der Waals surface area contributed by atoms with Crippen molar-refractivity contribution in [2.75, 3.05) is 6.54 Å². The predicted molar refractivity (Wildman–Crippen MR) is 138 cm³/mol. The zero-order valence-corrected chi connectivity index (χ0v) is 23.1. The van der Waals surface area contributed by atoms with Crippen LogP contribution in [-0.4, -0.2) is 23.7 Å². The molecule has 4 heteroatoms. The highest BCUT2D eigenvalue weighted by Crippen LogP contribution is 2.70. The Morgan fingerprint density at radius 3 is 2.34 bits per heavy atom. The molecular weight excluding hydrogens is 432 g/mol. The first-order chi connectivity index (χ1) is 16.3. The molecule has 1 N–H and O–H groups in total. The molecule has 4 fully saturated rings. The summed E-state index contributed by atoms with van der Waals surface area (Å²) >= 11 is 0. The summed E-state index contributed by atoms with van der Waals surface area (Å²) in [6.07, 6.45) is 10.5. The van der Waals surface area contributed by atoms with Crippen molar-refractivity contribution in [1.29, 1.82) is 5.26 Å². The van der Waals surface area contributed by atoms with Gasteiger partial charge in [0.2, 0.25) is 0 Å². The van der Waals surface area contributed by atoms with Crippen LogP contribution in [0.15, 0.2) is 11.6 Å². The van der Waals surface area contributed by atoms with Crippen molar-refractivity contribution in [3.8, 4) is 6.07 Å². The molecule has 4 nitrogen and oxygen atoms in total. The number of nitriles is 1. The largest absolute Gasteiger partial charge is 0.311 e. The Kier molecular flexibility index (Phi) is 5.59. The molecule has 0 radical (unpaired) electrons. The summed E-state index contributed by atoms with van der Waals surface area (Å²) < 4.78 is 0. The fraction of sp³-hybridized carbons (Fsp3) is 0.839. The molecule has 0 heterocycles. The number of ketones is 2. The van der Waals surface area contributed by atoms with Gasteiger partial charge in [-0.2, -0.15) is 5.26 Å². The van der Waals surface area contributed by atoms with Crippen LogP contribution in [0, 0.1) is 62.6 Å². The number of hydrogen-bond donors (Lipinski definition) is 1. The maximum atomic E-state index is 14.3. The molecular formula is C31H46N2O2. The van der Waals surface area contributed by atoms with Gasteiger partial charge in [0, 0.05) is 23.3 Å². The maximum Gasteiger partial charge on any atom is 0.178 e. The van der Waals surface area contributed by atoms with Crippen molar-refractivity contribution >= 4 is 11.6 Å². The van der Waals surface area contributed by atoms with Gasteiger partial charge in [-0.3, -0.25) is 9.59 Å². The average molecular weight is 479 g/mol. The van der Waals surface area contributed by atoms with Gasteiger partial charge in [0.05, 0.1) is 5.57 Å². The summed E-state index contributed by atoms with van der Waals surface area (Å²) in [5.74, 6) is 1.78. The van der Waals surface area contributed by atoms with Gasteiger partial charge in [0.25, 0.3) is 0 Å². The molecule has 8 atom stereocenters. The van der Waals surface area contributed by atoms with E-state index in [9.17, 15) is 14.9 Å². The SMILES string of the molecule is CCN[C@@]12CCC3[C@H](C(=O)C[C@@H]4[C@@]5(C)C=C(C#N)C(=O)C(C)(C)[C@@H]5CC[C@@]34C)[C@@H]1CC(C)(C)CC2. The van der Waals surface area contributed by atoms with E-state index in [1.807, 2.05) is 19.9 Å². The highest BCUT2D eigenvalue weighted by atomic mass is 16.1. The summed E-state index contributed by atoms with van der Waals surface area (Å²) in [5.41, 5.74) is -0.0774. The smallest absolute Gasteiger partial charge is 0.178 e. The van der Waals surface area contributed by atoms with Gasteiger partial charge in [-0.25, -0.2) is 0 Å². The van der Waals surface area contributed by atoms with Gasteiger partial charge in [-0.15, -0.1) is 0 Å². The van der Waals surface area contributed by atoms with Crippen LogP contribution in [0.3, 0.4) is 0 Å². The van der Waals surface area contributed by atoms with Crippen molar-refractivity contribution in [3.05, 3.63) is 11.6 Å². The second-order valence-electron chi connectivity index (χ2n) is 14.7. The van der Waals surface area contributed by atoms with Crippen LogP contribution in [0.1, 0.15) is 99.8 Å². The number of nitrogens with one attached hydrogen (secondary N) is 1. The molecule has 35 heavy (non-hydrogen) atoms. The van der Waals surface area contributed by atoms with Crippen LogP contribution in [0.2, 0.25) is 0 Å². The van der Waals surface area contributed by atoms with E-state index >= 15 is 0 Å². The quantitative estimate of drug-likeness (QED) is 0.509. The minimum Gasteiger partial charge on any atom is -0.311 e. The van der Waals surface area contributed by atoms with E-state index in [2.05, 4.69) is 46.0 Å². The summed E-state index contributed by atoms with van der Waals surface area (Å²) in [6.45, 7) is 16.8. The molecule has 0 amide bonds. The number of allylic oxidation sites excluding steroid dienone is 2. The third-order valence-electron chi connectivity index (χ3n) is 12.2. The molecule has 0 saturated heterocycles. The van der Waals surface area contributed by atoms with Gasteiger partial charge >= 0.3 is 0 Å². The molecule has 0 aliphatic heterocycles. The molecule has 0 aromatic rings. The molecule has 1 unspecified atom stereocenters. The van der Waals surface area contributed by atoms with Crippen molar-refractivity contribution in [1.82, 2.24) is 5.32 Å². The zero-order chi connectivity index (χ0) is 25.6. The first kappa shape index (κ1) is 25.2. The first-order valence-electron chi connectivity index (χ1n) is 14.2. The van der Waals surface area contributed by atoms with Gasteiger partial charge in [-0.05, 0) is 91.4 Å². The van der Waals surface area contributed by atoms with Crippen LogP contribution in [0.25, 0.3) is 0 Å². The molecule has 4 saturated carbocycles. The second-order valence-corrected chi connectivity index (χ2v) is 14.7. The lowest BCUT2D eigenvalue weighted by atomic mass is 9.36. The molecule has 0 spiro atoms. The van der Waals surface area contributed by atoms with Gasteiger partial charge in [0.1, 0.15) is 11.9 Å². The number of nitrogens with zero attached hydrogens (tertiary/aromatic N) is 1. The third-order valence-corrected chi connectivity index (χ3v) is 12.2. The van der Waals surface area contributed by atoms with Crippen LogP contribution >= 0.6 is 0 Å². The lowest BCUT2D eigenvalue weighted by Crippen LogP contribution is -2.68. The molecule has 0 aromatic heterocycles. The van der Waals surface area contributed by atoms with E-state index < -0.39 is 5.41 Å². The van der Waals surface area contributed by atoms with E-state index in [-0.39, 0.29) is 45.3 Å². The van der Waals surface area contributed by atoms with Crippen LogP contribution in [-0.2, 0) is 9.59 Å². The Morgan fingerprint density at radius 1 is 0.971 bits per heavy atom. The predicted octanol–water partition coefficient (Wildman–Crippen LogP) is 6.26. The molecule has 0 aromatic carbocycles. The Labute approximate surface area is 212 Å². The number of rotatable bonds is 2. The fourth-order valence-corrected chi connectivity index (χ4v) is 10.6. The number of fused-ring (bicyclic) bond motifs is 7. The number of carbonyl (C=O) groups excluding carboxylic acids is 2. The Bertz CT molecular complexity index is 1020. The first-order valence-corrected chi connectivity index (χ1v) is 14.2. The van der Waals surface area contributed by atoms with Crippen molar-refractivity contribution < 1.29 is 9.59 Å². The van der Waals surface area contributed by atoms with Crippen LogP contribution in [0.5, 0.6) is 0 Å². The van der Waals surface area contributed by atoms with Gasteiger partial charge < -0.3 is 5.32 Å². The fourth-order valence-electron chi connectivity index (χ4n) is 10.6. The molecule has 0 bridgehead atoms. The van der Waals surface area contributed by atoms with E-state index in [0.717, 1.165) is 32.2 Å². The lowest BCUT2D eigenvalue weighted by molar-refractivity contribution is -0.184. The van der Waals surface area contributed by atoms with Gasteiger partial charge in [-0.1, -0.05) is 54.5 Å². The van der Waals surface area contributed by atoms with E-state index in [1.165, 1.54) is 19.3 Å². The normalized spacial score (nSPS) is 47.9. The van der Waals surface area contributed by atoms with Crippen molar-refractivity contribution in [2.45, 2.75) is 105 Å². The Balaban J connectivity index is 1.58. The molecule has 5 aliphatic rings. The third kappa shape index (κ3) is 3.32.